The van der Waals surface area contributed by atoms with Crippen LogP contribution in [0.2, 0.25) is 0 Å². The molecular weight excluding hydrogens is 343 g/mol. The molecule has 0 aliphatic rings. The van der Waals surface area contributed by atoms with Crippen LogP contribution in [0.1, 0.15) is 78.1 Å². The van der Waals surface area contributed by atoms with Crippen LogP contribution in [0.25, 0.3) is 0 Å². The van der Waals surface area contributed by atoms with Gasteiger partial charge in [0.1, 0.15) is 0 Å². The standard InChI is InChI=1S/C12H26O4S.C4H6O2.Na/c1-2-3-4-5-6-7-8-9-10-11-12-16-17(13,14)15;1-3(2)4(5)6;/h2-12H2,1H3,(H,13,14,15);1H2,2H3,(H,5,6);/q;;+1/p-1. The van der Waals surface area contributed by atoms with E-state index in [0.717, 1.165) is 12.8 Å². The Morgan fingerprint density at radius 1 is 1.00 bits per heavy atom. The maximum atomic E-state index is 10.1. The summed E-state index contributed by atoms with van der Waals surface area (Å²) in [5.74, 6) is -0.935. The number of hydrogen-bond acceptors (Lipinski definition) is 5. The zero-order chi connectivity index (χ0) is 18.1. The van der Waals surface area contributed by atoms with Gasteiger partial charge in [-0.2, -0.15) is 0 Å². The first kappa shape index (κ1) is 28.9. The maximum Gasteiger partial charge on any atom is 1.00 e. The SMILES string of the molecule is C=C(C)C(=O)O.CCCCCCCCCCCCOS(=O)(=O)[O-].[Na+]. The number of rotatable bonds is 13. The van der Waals surface area contributed by atoms with Crippen molar-refractivity contribution in [1.29, 1.82) is 0 Å². The summed E-state index contributed by atoms with van der Waals surface area (Å²) in [5.41, 5.74) is 0.176. The molecule has 0 atom stereocenters. The van der Waals surface area contributed by atoms with Crippen LogP contribution in [0.5, 0.6) is 0 Å². The molecule has 1 N–H and O–H groups in total. The largest absolute Gasteiger partial charge is 1.00 e. The van der Waals surface area contributed by atoms with Crippen LogP contribution < -0.4 is 29.6 Å². The van der Waals surface area contributed by atoms with E-state index in [1.807, 2.05) is 0 Å². The molecule has 0 aromatic heterocycles. The van der Waals surface area contributed by atoms with Gasteiger partial charge < -0.3 is 9.66 Å². The minimum Gasteiger partial charge on any atom is -0.726 e. The van der Waals surface area contributed by atoms with E-state index in [1.165, 1.54) is 51.9 Å². The Morgan fingerprint density at radius 2 is 1.33 bits per heavy atom. The number of unbranched alkanes of at least 4 members (excludes halogenated alkanes) is 9. The normalized spacial score (nSPS) is 10.3. The molecule has 0 aliphatic carbocycles. The molecule has 0 aromatic carbocycles. The predicted octanol–water partition coefficient (Wildman–Crippen LogP) is 1.04. The molecule has 8 heteroatoms. The molecule has 0 radical (unpaired) electrons. The van der Waals surface area contributed by atoms with Gasteiger partial charge in [-0.1, -0.05) is 71.3 Å². The second-order valence-corrected chi connectivity index (χ2v) is 6.55. The average molecular weight is 374 g/mol. The Labute approximate surface area is 169 Å². The fourth-order valence-electron chi connectivity index (χ4n) is 1.75. The first-order chi connectivity index (χ1) is 10.7. The number of hydrogen-bond donors (Lipinski definition) is 1. The minimum absolute atomic E-state index is 0. The molecule has 0 saturated heterocycles. The van der Waals surface area contributed by atoms with Crippen LogP contribution >= 0.6 is 0 Å². The smallest absolute Gasteiger partial charge is 0.726 e. The molecule has 0 aliphatic heterocycles. The summed E-state index contributed by atoms with van der Waals surface area (Å²) in [4.78, 5) is 9.60. The Kier molecular flexibility index (Phi) is 23.3. The second-order valence-electron chi connectivity index (χ2n) is 5.50. The summed E-state index contributed by atoms with van der Waals surface area (Å²) < 4.78 is 34.5. The van der Waals surface area contributed by atoms with Crippen molar-refractivity contribution < 1.29 is 56.6 Å². The van der Waals surface area contributed by atoms with E-state index in [0.29, 0.717) is 6.42 Å². The topological polar surface area (TPSA) is 104 Å². The van der Waals surface area contributed by atoms with Gasteiger partial charge in [0.2, 0.25) is 10.4 Å². The van der Waals surface area contributed by atoms with E-state index in [4.69, 9.17) is 5.11 Å². The van der Waals surface area contributed by atoms with Gasteiger partial charge in [0.25, 0.3) is 0 Å². The van der Waals surface area contributed by atoms with E-state index in [1.54, 1.807) is 0 Å². The first-order valence-electron chi connectivity index (χ1n) is 8.19. The molecule has 0 unspecified atom stereocenters. The average Bonchev–Trinajstić information content (AvgIpc) is 2.44. The van der Waals surface area contributed by atoms with Gasteiger partial charge in [-0.05, 0) is 13.3 Å². The van der Waals surface area contributed by atoms with Crippen molar-refractivity contribution in [2.45, 2.75) is 78.1 Å². The van der Waals surface area contributed by atoms with Crippen molar-refractivity contribution in [3.8, 4) is 0 Å². The molecule has 138 valence electrons. The Morgan fingerprint density at radius 3 is 1.62 bits per heavy atom. The monoisotopic (exact) mass is 374 g/mol. The third-order valence-electron chi connectivity index (χ3n) is 3.09. The summed E-state index contributed by atoms with van der Waals surface area (Å²) in [6.07, 6.45) is 11.7. The van der Waals surface area contributed by atoms with E-state index in [2.05, 4.69) is 17.7 Å². The molecule has 0 rings (SSSR count). The van der Waals surface area contributed by atoms with Crippen LogP contribution in [0.4, 0.5) is 0 Å². The third kappa shape index (κ3) is 30.0. The zero-order valence-corrected chi connectivity index (χ0v) is 18.2. The van der Waals surface area contributed by atoms with Crippen LogP contribution in [-0.4, -0.2) is 30.7 Å². The van der Waals surface area contributed by atoms with Gasteiger partial charge in [0.05, 0.1) is 6.61 Å². The van der Waals surface area contributed by atoms with Crippen molar-refractivity contribution in [1.82, 2.24) is 0 Å². The van der Waals surface area contributed by atoms with Gasteiger partial charge in [0.15, 0.2) is 0 Å². The number of carbonyl (C=O) groups is 1. The summed E-state index contributed by atoms with van der Waals surface area (Å²) in [5, 5.41) is 7.89. The van der Waals surface area contributed by atoms with Crippen molar-refractivity contribution >= 4 is 16.4 Å². The van der Waals surface area contributed by atoms with E-state index in [-0.39, 0.29) is 41.7 Å². The molecule has 0 heterocycles. The molecule has 0 aromatic rings. The van der Waals surface area contributed by atoms with Gasteiger partial charge in [-0.15, -0.1) is 0 Å². The summed E-state index contributed by atoms with van der Waals surface area (Å²) in [6, 6.07) is 0. The maximum absolute atomic E-state index is 10.1. The van der Waals surface area contributed by atoms with Crippen LogP contribution in [-0.2, 0) is 19.4 Å². The predicted molar refractivity (Wildman–Crippen MR) is 89.9 cm³/mol. The minimum atomic E-state index is -4.48. The number of carboxylic acid groups (broad SMARTS) is 1. The molecule has 0 amide bonds. The van der Waals surface area contributed by atoms with Crippen molar-refractivity contribution in [3.63, 3.8) is 0 Å². The Bertz CT molecular complexity index is 397. The van der Waals surface area contributed by atoms with Gasteiger partial charge in [-0.3, -0.25) is 4.18 Å². The van der Waals surface area contributed by atoms with Gasteiger partial charge in [-0.25, -0.2) is 13.2 Å². The van der Waals surface area contributed by atoms with Crippen molar-refractivity contribution in [3.05, 3.63) is 12.2 Å². The van der Waals surface area contributed by atoms with Crippen LogP contribution in [0, 0.1) is 0 Å². The molecule has 0 fully saturated rings. The Hall–Kier alpha value is 0.0800. The summed E-state index contributed by atoms with van der Waals surface area (Å²) in [7, 11) is -4.48. The first-order valence-corrected chi connectivity index (χ1v) is 9.53. The van der Waals surface area contributed by atoms with Crippen molar-refractivity contribution in [2.24, 2.45) is 0 Å². The molecule has 0 bridgehead atoms. The number of aliphatic carboxylic acids is 1. The summed E-state index contributed by atoms with van der Waals surface area (Å²) >= 11 is 0. The van der Waals surface area contributed by atoms with Gasteiger partial charge in [0, 0.05) is 5.57 Å². The molecular formula is C16H31NaO6S. The molecule has 24 heavy (non-hydrogen) atoms. The van der Waals surface area contributed by atoms with E-state index >= 15 is 0 Å². The number of carboxylic acids is 1. The second kappa shape index (κ2) is 19.4. The van der Waals surface area contributed by atoms with Crippen molar-refractivity contribution in [2.75, 3.05) is 6.61 Å². The van der Waals surface area contributed by atoms with Crippen LogP contribution in [0.3, 0.4) is 0 Å². The molecule has 6 nitrogen and oxygen atoms in total. The fraction of sp³-hybridized carbons (Fsp3) is 0.812. The zero-order valence-electron chi connectivity index (χ0n) is 15.4. The van der Waals surface area contributed by atoms with Crippen LogP contribution in [0.15, 0.2) is 12.2 Å². The fourth-order valence-corrected chi connectivity index (χ4v) is 2.07. The molecule has 0 saturated carbocycles. The summed E-state index contributed by atoms with van der Waals surface area (Å²) in [6.45, 7) is 6.84. The molecule has 0 spiro atoms. The van der Waals surface area contributed by atoms with E-state index in [9.17, 15) is 17.8 Å². The van der Waals surface area contributed by atoms with Gasteiger partial charge >= 0.3 is 35.5 Å². The van der Waals surface area contributed by atoms with E-state index < -0.39 is 16.4 Å². The Balaban J connectivity index is -0.000000538. The quantitative estimate of drug-likeness (QED) is 0.170. The third-order valence-corrected chi connectivity index (χ3v) is 3.55.